The summed E-state index contributed by atoms with van der Waals surface area (Å²) in [5, 5.41) is 13.3. The van der Waals surface area contributed by atoms with Crippen molar-refractivity contribution in [1.29, 1.82) is 0 Å². The number of hydrogen-bond acceptors (Lipinski definition) is 9. The van der Waals surface area contributed by atoms with Gasteiger partial charge in [0.15, 0.2) is 21.3 Å². The molecule has 0 aliphatic rings. The van der Waals surface area contributed by atoms with Crippen LogP contribution in [0.15, 0.2) is 18.2 Å². The third-order valence-corrected chi connectivity index (χ3v) is 5.77. The van der Waals surface area contributed by atoms with Crippen molar-refractivity contribution in [2.75, 3.05) is 36.4 Å². The molecule has 152 valence electrons. The number of methoxy groups -OCH3 is 2. The van der Waals surface area contributed by atoms with Gasteiger partial charge in [0.25, 0.3) is 0 Å². The average molecular weight is 428 g/mol. The number of hydrogen-bond donors (Lipinski definition) is 2. The Labute approximate surface area is 166 Å². The number of aromatic nitrogens is 2. The van der Waals surface area contributed by atoms with Crippen molar-refractivity contribution < 1.29 is 27.5 Å². The van der Waals surface area contributed by atoms with E-state index in [9.17, 15) is 18.0 Å². The molecule has 2 N–H and O–H groups in total. The summed E-state index contributed by atoms with van der Waals surface area (Å²) in [7, 11) is -1.06. The zero-order valence-electron chi connectivity index (χ0n) is 15.5. The molecule has 0 saturated heterocycles. The first-order valence-electron chi connectivity index (χ1n) is 8.10. The number of rotatable bonds is 9. The number of carbonyl (C=O) groups excluding carboxylic acids is 2. The molecule has 10 nitrogen and oxygen atoms in total. The Bertz CT molecular complexity index is 958. The van der Waals surface area contributed by atoms with Crippen LogP contribution in [0.3, 0.4) is 0 Å². The smallest absolute Gasteiger partial charge is 0.241 e. The number of aryl methyl sites for hydroxylation is 1. The normalized spacial score (nSPS) is 11.0. The van der Waals surface area contributed by atoms with Gasteiger partial charge in [-0.25, -0.2) is 8.42 Å². The maximum Gasteiger partial charge on any atom is 0.241 e. The van der Waals surface area contributed by atoms with Crippen molar-refractivity contribution in [3.05, 3.63) is 23.2 Å². The maximum absolute atomic E-state index is 12.1. The molecule has 0 bridgehead atoms. The topological polar surface area (TPSA) is 137 Å². The molecule has 0 saturated carbocycles. The van der Waals surface area contributed by atoms with Crippen LogP contribution in [0.2, 0.25) is 0 Å². The second-order valence-electron chi connectivity index (χ2n) is 5.55. The summed E-state index contributed by atoms with van der Waals surface area (Å²) < 4.78 is 34.4. The quantitative estimate of drug-likeness (QED) is 0.606. The molecule has 1 aromatic heterocycles. The van der Waals surface area contributed by atoms with Crippen LogP contribution in [0.4, 0.5) is 10.8 Å². The predicted molar refractivity (Wildman–Crippen MR) is 105 cm³/mol. The van der Waals surface area contributed by atoms with E-state index >= 15 is 0 Å². The monoisotopic (exact) mass is 428 g/mol. The maximum atomic E-state index is 12.1. The Hall–Kier alpha value is -2.73. The minimum atomic E-state index is -3.97. The first-order chi connectivity index (χ1) is 13.3. The minimum Gasteiger partial charge on any atom is -0.493 e. The zero-order valence-corrected chi connectivity index (χ0v) is 17.1. The molecule has 2 aromatic rings. The molecule has 12 heteroatoms. The van der Waals surface area contributed by atoms with Crippen molar-refractivity contribution in [2.45, 2.75) is 13.3 Å². The highest BCUT2D eigenvalue weighted by molar-refractivity contribution is 7.92. The molecule has 0 radical (unpaired) electrons. The van der Waals surface area contributed by atoms with Gasteiger partial charge in [-0.05, 0) is 18.6 Å². The fraction of sp³-hybridized carbons (Fsp3) is 0.375. The Kier molecular flexibility index (Phi) is 7.29. The Morgan fingerprint density at radius 3 is 2.25 bits per heavy atom. The summed E-state index contributed by atoms with van der Waals surface area (Å²) in [6.07, 6.45) is 0.655. The average Bonchev–Trinajstić information content (AvgIpc) is 3.07. The van der Waals surface area contributed by atoms with Crippen LogP contribution in [0, 0.1) is 0 Å². The van der Waals surface area contributed by atoms with Gasteiger partial charge in [0.05, 0.1) is 14.2 Å². The van der Waals surface area contributed by atoms with Crippen molar-refractivity contribution in [3.8, 4) is 11.5 Å². The largest absolute Gasteiger partial charge is 0.493 e. The van der Waals surface area contributed by atoms with Gasteiger partial charge in [0.2, 0.25) is 16.9 Å². The van der Waals surface area contributed by atoms with E-state index in [0.29, 0.717) is 28.6 Å². The van der Waals surface area contributed by atoms with Crippen molar-refractivity contribution in [1.82, 2.24) is 10.2 Å². The van der Waals surface area contributed by atoms with E-state index in [1.165, 1.54) is 20.3 Å². The van der Waals surface area contributed by atoms with Crippen LogP contribution < -0.4 is 20.1 Å². The number of nitrogens with one attached hydrogen (secondary N) is 2. The first-order valence-corrected chi connectivity index (χ1v) is 10.7. The standard InChI is InChI=1S/C16H20N4O6S2/c1-4-15-19-20-16(27-15)18-14(22)9-28(23,24)8-13(21)17-10-5-6-11(25-2)12(7-10)26-3/h5-7H,4,8-9H2,1-3H3,(H,17,21)(H,18,20,22). The minimum absolute atomic E-state index is 0.215. The van der Waals surface area contributed by atoms with Crippen LogP contribution in [0.1, 0.15) is 11.9 Å². The summed E-state index contributed by atoms with van der Waals surface area (Å²) in [5.74, 6) is -2.39. The number of ether oxygens (including phenoxy) is 2. The van der Waals surface area contributed by atoms with E-state index in [1.807, 2.05) is 6.92 Å². The molecule has 2 amide bonds. The Morgan fingerprint density at radius 2 is 1.68 bits per heavy atom. The van der Waals surface area contributed by atoms with Crippen LogP contribution in [0.25, 0.3) is 0 Å². The SMILES string of the molecule is CCc1nnc(NC(=O)CS(=O)(=O)CC(=O)Nc2ccc(OC)c(OC)c2)s1. The van der Waals surface area contributed by atoms with Crippen LogP contribution >= 0.6 is 11.3 Å². The molecular formula is C16H20N4O6S2. The van der Waals surface area contributed by atoms with E-state index in [0.717, 1.165) is 11.3 Å². The predicted octanol–water partition coefficient (Wildman–Crippen LogP) is 1.11. The number of sulfone groups is 1. The van der Waals surface area contributed by atoms with Crippen molar-refractivity contribution in [2.24, 2.45) is 0 Å². The number of amides is 2. The van der Waals surface area contributed by atoms with E-state index in [2.05, 4.69) is 20.8 Å². The molecule has 1 heterocycles. The number of benzene rings is 1. The fourth-order valence-corrected chi connectivity index (χ4v) is 3.90. The van der Waals surface area contributed by atoms with Gasteiger partial charge in [-0.1, -0.05) is 18.3 Å². The number of carbonyl (C=O) groups is 2. The van der Waals surface area contributed by atoms with E-state index in [1.54, 1.807) is 12.1 Å². The molecule has 0 aliphatic carbocycles. The lowest BCUT2D eigenvalue weighted by Gasteiger charge is -2.10. The zero-order chi connectivity index (χ0) is 20.7. The second-order valence-corrected chi connectivity index (χ2v) is 8.68. The molecule has 1 aromatic carbocycles. The summed E-state index contributed by atoms with van der Waals surface area (Å²) in [4.78, 5) is 24.0. The summed E-state index contributed by atoms with van der Waals surface area (Å²) in [6.45, 7) is 1.88. The van der Waals surface area contributed by atoms with Gasteiger partial charge < -0.3 is 14.8 Å². The highest BCUT2D eigenvalue weighted by Crippen LogP contribution is 2.29. The lowest BCUT2D eigenvalue weighted by atomic mass is 10.2. The third-order valence-electron chi connectivity index (χ3n) is 3.38. The lowest BCUT2D eigenvalue weighted by molar-refractivity contribution is -0.114. The molecular weight excluding hydrogens is 408 g/mol. The summed E-state index contributed by atoms with van der Waals surface area (Å²) in [5.41, 5.74) is 0.336. The highest BCUT2D eigenvalue weighted by atomic mass is 32.2. The van der Waals surface area contributed by atoms with E-state index in [-0.39, 0.29) is 5.13 Å². The molecule has 0 atom stereocenters. The molecule has 0 unspecified atom stereocenters. The highest BCUT2D eigenvalue weighted by Gasteiger charge is 2.22. The number of nitrogens with zero attached hydrogens (tertiary/aromatic N) is 2. The lowest BCUT2D eigenvalue weighted by Crippen LogP contribution is -2.30. The van der Waals surface area contributed by atoms with Crippen LogP contribution in [-0.4, -0.2) is 56.2 Å². The summed E-state index contributed by atoms with van der Waals surface area (Å²) >= 11 is 1.16. The Morgan fingerprint density at radius 1 is 1.04 bits per heavy atom. The Balaban J connectivity index is 1.93. The number of anilines is 2. The van der Waals surface area contributed by atoms with Gasteiger partial charge in [-0.2, -0.15) is 0 Å². The van der Waals surface area contributed by atoms with E-state index < -0.39 is 33.2 Å². The fourth-order valence-electron chi connectivity index (χ4n) is 2.16. The van der Waals surface area contributed by atoms with Gasteiger partial charge in [0.1, 0.15) is 16.5 Å². The van der Waals surface area contributed by atoms with Gasteiger partial charge >= 0.3 is 0 Å². The molecule has 0 spiro atoms. The molecule has 0 fully saturated rings. The second kappa shape index (κ2) is 9.46. The molecule has 2 rings (SSSR count). The molecule has 28 heavy (non-hydrogen) atoms. The molecule has 0 aliphatic heterocycles. The first kappa shape index (κ1) is 21.6. The van der Waals surface area contributed by atoms with Gasteiger partial charge in [-0.3, -0.25) is 14.9 Å². The summed E-state index contributed by atoms with van der Waals surface area (Å²) in [6, 6.07) is 4.61. The third kappa shape index (κ3) is 6.16. The van der Waals surface area contributed by atoms with Gasteiger partial charge in [-0.15, -0.1) is 10.2 Å². The van der Waals surface area contributed by atoms with Gasteiger partial charge in [0, 0.05) is 11.8 Å². The van der Waals surface area contributed by atoms with Crippen molar-refractivity contribution >= 4 is 43.8 Å². The van der Waals surface area contributed by atoms with Crippen LogP contribution in [-0.2, 0) is 25.8 Å². The van der Waals surface area contributed by atoms with Crippen molar-refractivity contribution in [3.63, 3.8) is 0 Å². The van der Waals surface area contributed by atoms with Crippen LogP contribution in [0.5, 0.6) is 11.5 Å². The van der Waals surface area contributed by atoms with E-state index in [4.69, 9.17) is 9.47 Å².